The van der Waals surface area contributed by atoms with Gasteiger partial charge in [0.25, 0.3) is 5.95 Å². The van der Waals surface area contributed by atoms with E-state index in [0.29, 0.717) is 24.5 Å². The number of benzene rings is 4. The van der Waals surface area contributed by atoms with E-state index in [0.717, 1.165) is 62.9 Å². The minimum absolute atomic E-state index is 0.216. The monoisotopic (exact) mass is 733 g/mol. The van der Waals surface area contributed by atoms with E-state index in [1.54, 1.807) is 0 Å². The summed E-state index contributed by atoms with van der Waals surface area (Å²) >= 11 is 0. The molecule has 7 rings (SSSR count). The largest absolute Gasteiger partial charge is 0.293 e. The lowest BCUT2D eigenvalue weighted by atomic mass is 9.69. The Bertz CT molecular complexity index is 2270. The predicted octanol–water partition coefficient (Wildman–Crippen LogP) is 7.95. The fourth-order valence-corrected chi connectivity index (χ4v) is 9.40. The van der Waals surface area contributed by atoms with Gasteiger partial charge in [-0.3, -0.25) is 19.2 Å². The molecular weight excluding hydrogens is 687 g/mol. The van der Waals surface area contributed by atoms with Gasteiger partial charge in [-0.25, -0.2) is 4.68 Å². The Morgan fingerprint density at radius 3 is 2.47 bits per heavy atom. The van der Waals surface area contributed by atoms with Crippen LogP contribution in [-0.4, -0.2) is 61.1 Å². The van der Waals surface area contributed by atoms with Crippen LogP contribution in [0.3, 0.4) is 0 Å². The Hall–Kier alpha value is -4.95. The van der Waals surface area contributed by atoms with Gasteiger partial charge in [-0.2, -0.15) is 8.99 Å². The van der Waals surface area contributed by atoms with Crippen LogP contribution in [0.15, 0.2) is 89.8 Å². The van der Waals surface area contributed by atoms with Crippen LogP contribution in [0.25, 0.3) is 16.7 Å². The van der Waals surface area contributed by atoms with Crippen LogP contribution in [0.1, 0.15) is 73.4 Å². The van der Waals surface area contributed by atoms with Crippen LogP contribution in [0.5, 0.6) is 0 Å². The van der Waals surface area contributed by atoms with Gasteiger partial charge < -0.3 is 0 Å². The lowest BCUT2D eigenvalue weighted by Crippen LogP contribution is -2.38. The van der Waals surface area contributed by atoms with Crippen molar-refractivity contribution in [2.75, 3.05) is 11.9 Å². The SMILES string of the molecule is CCC1Cc2ccccc2S(O)(O)N(Cc2cc(C(c3ccc4c(nnn4CC)c3C)C(C)(C)C(=O)Nc3nnnn3-c3ccccc3)ccc2C)C1. The van der Waals surface area contributed by atoms with Crippen molar-refractivity contribution in [3.63, 3.8) is 0 Å². The summed E-state index contributed by atoms with van der Waals surface area (Å²) < 4.78 is 28.9. The molecule has 2 atom stereocenters. The maximum Gasteiger partial charge on any atom is 0.254 e. The second-order valence-corrected chi connectivity index (χ2v) is 16.5. The van der Waals surface area contributed by atoms with Crippen LogP contribution in [0.2, 0.25) is 0 Å². The number of amides is 1. The first-order valence-electron chi connectivity index (χ1n) is 18.1. The summed E-state index contributed by atoms with van der Waals surface area (Å²) in [6, 6.07) is 27.5. The Balaban J connectivity index is 1.31. The van der Waals surface area contributed by atoms with Crippen molar-refractivity contribution < 1.29 is 13.9 Å². The summed E-state index contributed by atoms with van der Waals surface area (Å²) in [6.07, 6.45) is 1.71. The average Bonchev–Trinajstić information content (AvgIpc) is 3.78. The van der Waals surface area contributed by atoms with Gasteiger partial charge >= 0.3 is 0 Å². The van der Waals surface area contributed by atoms with Gasteiger partial charge in [0, 0.05) is 25.6 Å². The highest BCUT2D eigenvalue weighted by Crippen LogP contribution is 2.56. The Labute approximate surface area is 311 Å². The summed E-state index contributed by atoms with van der Waals surface area (Å²) in [5.74, 6) is -0.236. The number of aromatic nitrogens is 7. The Morgan fingerprint density at radius 1 is 0.962 bits per heavy atom. The first kappa shape index (κ1) is 36.4. The highest BCUT2D eigenvalue weighted by molar-refractivity contribution is 8.22. The Kier molecular flexibility index (Phi) is 9.94. The zero-order valence-corrected chi connectivity index (χ0v) is 31.9. The molecule has 2 aromatic heterocycles. The zero-order chi connectivity index (χ0) is 37.5. The van der Waals surface area contributed by atoms with E-state index in [9.17, 15) is 13.9 Å². The number of carbonyl (C=O) groups excluding carboxylic acids is 1. The fourth-order valence-electron chi connectivity index (χ4n) is 7.62. The number of fused-ring (bicyclic) bond motifs is 2. The standard InChI is InChI=1S/C40H47N9O3S/c1-7-28-22-29-14-12-13-17-35(29)53(51,52)47(24-28)25-31-23-30(19-18-26(31)3)36(33-20-21-34-37(27(33)4)42-45-48(34)8-2)40(5,6)38(50)41-39-43-44-46-49(39)32-15-10-9-11-16-32/h9-21,23,28,36,51-52H,7-8,22,24-25H2,1-6H3,(H,41,43,46,50). The van der Waals surface area contributed by atoms with E-state index < -0.39 is 22.1 Å². The fraction of sp³-hybridized carbons (Fsp3) is 0.350. The third kappa shape index (κ3) is 6.74. The maximum atomic E-state index is 14.6. The number of hydrogen-bond acceptors (Lipinski definition) is 9. The topological polar surface area (TPSA) is 147 Å². The molecule has 1 amide bonds. The van der Waals surface area contributed by atoms with Crippen LogP contribution in [0.4, 0.5) is 5.95 Å². The molecule has 276 valence electrons. The van der Waals surface area contributed by atoms with Gasteiger partial charge in [0.2, 0.25) is 5.91 Å². The smallest absolute Gasteiger partial charge is 0.254 e. The van der Waals surface area contributed by atoms with E-state index in [-0.39, 0.29) is 17.8 Å². The number of hydrogen-bond donors (Lipinski definition) is 3. The minimum Gasteiger partial charge on any atom is -0.293 e. The molecule has 4 aromatic carbocycles. The quantitative estimate of drug-likeness (QED) is 0.128. The molecule has 0 saturated carbocycles. The lowest BCUT2D eigenvalue weighted by Gasteiger charge is -2.43. The molecule has 3 heterocycles. The van der Waals surface area contributed by atoms with E-state index in [4.69, 9.17) is 0 Å². The van der Waals surface area contributed by atoms with Crippen molar-refractivity contribution in [1.82, 2.24) is 39.5 Å². The number of para-hydroxylation sites is 1. The summed E-state index contributed by atoms with van der Waals surface area (Å²) in [6.45, 7) is 13.7. The molecule has 0 saturated heterocycles. The van der Waals surface area contributed by atoms with E-state index >= 15 is 0 Å². The van der Waals surface area contributed by atoms with Gasteiger partial charge in [-0.15, -0.1) is 15.9 Å². The summed E-state index contributed by atoms with van der Waals surface area (Å²) in [5, 5.41) is 24.1. The third-order valence-electron chi connectivity index (χ3n) is 10.8. The molecule has 3 N–H and O–H groups in total. The molecule has 0 spiro atoms. The number of nitrogens with zero attached hydrogens (tertiary/aromatic N) is 8. The Morgan fingerprint density at radius 2 is 1.72 bits per heavy atom. The van der Waals surface area contributed by atoms with Crippen molar-refractivity contribution in [3.8, 4) is 5.69 Å². The first-order chi connectivity index (χ1) is 25.4. The van der Waals surface area contributed by atoms with Crippen molar-refractivity contribution in [3.05, 3.63) is 118 Å². The molecule has 6 aromatic rings. The minimum atomic E-state index is -3.26. The summed E-state index contributed by atoms with van der Waals surface area (Å²) in [4.78, 5) is 15.2. The van der Waals surface area contributed by atoms with Gasteiger partial charge in [0.1, 0.15) is 5.52 Å². The van der Waals surface area contributed by atoms with Gasteiger partial charge in [-0.1, -0.05) is 98.2 Å². The molecule has 13 heteroatoms. The highest BCUT2D eigenvalue weighted by Gasteiger charge is 2.41. The van der Waals surface area contributed by atoms with E-state index in [2.05, 4.69) is 62.3 Å². The number of tetrazole rings is 1. The van der Waals surface area contributed by atoms with Crippen molar-refractivity contribution >= 4 is 33.7 Å². The van der Waals surface area contributed by atoms with E-state index in [1.807, 2.05) is 104 Å². The second-order valence-electron chi connectivity index (χ2n) is 14.5. The van der Waals surface area contributed by atoms with E-state index in [1.165, 1.54) is 4.68 Å². The van der Waals surface area contributed by atoms with Gasteiger partial charge in [-0.05, 0) is 101 Å². The molecule has 0 radical (unpaired) electrons. The van der Waals surface area contributed by atoms with Crippen molar-refractivity contribution in [1.29, 1.82) is 0 Å². The molecule has 0 aliphatic carbocycles. The van der Waals surface area contributed by atoms with Crippen LogP contribution in [-0.2, 0) is 24.3 Å². The normalized spacial score (nSPS) is 17.2. The van der Waals surface area contributed by atoms with Crippen LogP contribution < -0.4 is 5.32 Å². The van der Waals surface area contributed by atoms with Crippen LogP contribution in [0, 0.1) is 25.2 Å². The molecular formula is C40H47N9O3S. The molecule has 1 aliphatic heterocycles. The molecule has 12 nitrogen and oxygen atoms in total. The number of aryl methyl sites for hydroxylation is 3. The maximum absolute atomic E-state index is 14.6. The van der Waals surface area contributed by atoms with Crippen molar-refractivity contribution in [2.24, 2.45) is 11.3 Å². The molecule has 53 heavy (non-hydrogen) atoms. The van der Waals surface area contributed by atoms with Gasteiger partial charge in [0.05, 0.1) is 21.5 Å². The molecule has 0 bridgehead atoms. The number of anilines is 1. The highest BCUT2D eigenvalue weighted by atomic mass is 32.3. The lowest BCUT2D eigenvalue weighted by molar-refractivity contribution is -0.124. The number of carbonyl (C=O) groups is 1. The average molecular weight is 734 g/mol. The zero-order valence-electron chi connectivity index (χ0n) is 31.1. The second kappa shape index (κ2) is 14.5. The first-order valence-corrected chi connectivity index (χ1v) is 19.6. The summed E-state index contributed by atoms with van der Waals surface area (Å²) in [5.41, 5.74) is 7.16. The number of rotatable bonds is 10. The number of nitrogens with one attached hydrogen (secondary N) is 1. The molecule has 0 fully saturated rings. The van der Waals surface area contributed by atoms with Crippen LogP contribution >= 0.6 is 10.8 Å². The van der Waals surface area contributed by atoms with Gasteiger partial charge in [0.15, 0.2) is 0 Å². The summed E-state index contributed by atoms with van der Waals surface area (Å²) in [7, 11) is -3.26. The molecule has 2 unspecified atom stereocenters. The third-order valence-corrected chi connectivity index (χ3v) is 12.8. The molecule has 1 aliphatic rings. The predicted molar refractivity (Wildman–Crippen MR) is 208 cm³/mol. The van der Waals surface area contributed by atoms with Crippen molar-refractivity contribution in [2.45, 2.75) is 78.3 Å².